The molecule has 3 heterocycles. The molecule has 9 aromatic carbocycles. The monoisotopic (exact) mass is 774 g/mol. The van der Waals surface area contributed by atoms with Crippen molar-refractivity contribution in [2.45, 2.75) is 0 Å². The van der Waals surface area contributed by atoms with Gasteiger partial charge in [0.25, 0.3) is 0 Å². The molecule has 2 nitrogen and oxygen atoms in total. The van der Waals surface area contributed by atoms with Crippen LogP contribution in [0.4, 0.5) is 17.1 Å². The van der Waals surface area contributed by atoms with E-state index >= 15 is 0 Å². The van der Waals surface area contributed by atoms with E-state index in [9.17, 15) is 0 Å². The number of rotatable bonds is 6. The van der Waals surface area contributed by atoms with E-state index in [4.69, 9.17) is 0 Å². The van der Waals surface area contributed by atoms with E-state index in [1.165, 1.54) is 84.4 Å². The first kappa shape index (κ1) is 33.2. The maximum Gasteiger partial charge on any atom is 0.0561 e. The molecule has 0 radical (unpaired) electrons. The highest BCUT2D eigenvalue weighted by Gasteiger charge is 2.18. The van der Waals surface area contributed by atoms with Crippen molar-refractivity contribution < 1.29 is 0 Å². The Labute approximate surface area is 343 Å². The maximum atomic E-state index is 2.40. The third-order valence-corrected chi connectivity index (χ3v) is 13.9. The molecule has 0 amide bonds. The number of hydrogen-bond donors (Lipinski definition) is 0. The third kappa shape index (κ3) is 5.37. The number of hydrogen-bond acceptors (Lipinski definition) is 3. The van der Waals surface area contributed by atoms with Crippen LogP contribution in [0.2, 0.25) is 0 Å². The van der Waals surface area contributed by atoms with Gasteiger partial charge in [-0.3, -0.25) is 0 Å². The van der Waals surface area contributed by atoms with Crippen LogP contribution in [0.15, 0.2) is 206 Å². The molecule has 0 aliphatic rings. The Hall–Kier alpha value is -6.98. The number of benzene rings is 9. The van der Waals surface area contributed by atoms with Crippen molar-refractivity contribution >= 4 is 102 Å². The average molecular weight is 775 g/mol. The highest BCUT2D eigenvalue weighted by Crippen LogP contribution is 2.42. The predicted molar refractivity (Wildman–Crippen MR) is 252 cm³/mol. The van der Waals surface area contributed by atoms with Gasteiger partial charge in [-0.05, 0) is 107 Å². The zero-order chi connectivity index (χ0) is 38.2. The van der Waals surface area contributed by atoms with Crippen molar-refractivity contribution in [3.8, 4) is 27.9 Å². The van der Waals surface area contributed by atoms with Gasteiger partial charge in [0, 0.05) is 73.9 Å². The third-order valence-electron chi connectivity index (χ3n) is 11.6. The summed E-state index contributed by atoms with van der Waals surface area (Å²) >= 11 is 3.73. The lowest BCUT2D eigenvalue weighted by Gasteiger charge is -2.26. The standard InChI is InChI=1S/C54H34N2S2/c1-2-10-39(11-3-1)56-49-15-7-4-12-43(49)44-30-28-42(34-50(44)56)55(40-24-18-35(19-25-40)37-23-31-53-48(32-37)46-14-6-9-17-52(46)57-53)41-26-20-36(21-27-41)38-22-29-47-45-13-5-8-16-51(45)58-54(47)33-38/h1-34H. The number of thiophene rings is 2. The van der Waals surface area contributed by atoms with Crippen molar-refractivity contribution in [1.82, 2.24) is 4.57 Å². The smallest absolute Gasteiger partial charge is 0.0561 e. The first-order chi connectivity index (χ1) is 28.7. The molecule has 12 aromatic rings. The van der Waals surface area contributed by atoms with E-state index in [1.807, 2.05) is 22.7 Å². The summed E-state index contributed by atoms with van der Waals surface area (Å²) in [6, 6.07) is 75.7. The summed E-state index contributed by atoms with van der Waals surface area (Å²) in [5, 5.41) is 7.78. The van der Waals surface area contributed by atoms with Crippen LogP contribution in [-0.2, 0) is 0 Å². The number of anilines is 3. The lowest BCUT2D eigenvalue weighted by atomic mass is 10.0. The fourth-order valence-corrected chi connectivity index (χ4v) is 11.0. The van der Waals surface area contributed by atoms with Gasteiger partial charge in [0.1, 0.15) is 0 Å². The largest absolute Gasteiger partial charge is 0.310 e. The average Bonchev–Trinajstić information content (AvgIpc) is 3.96. The van der Waals surface area contributed by atoms with Gasteiger partial charge in [-0.1, -0.05) is 121 Å². The van der Waals surface area contributed by atoms with Crippen molar-refractivity contribution in [3.63, 3.8) is 0 Å². The van der Waals surface area contributed by atoms with Crippen molar-refractivity contribution in [2.75, 3.05) is 4.90 Å². The molecule has 0 saturated heterocycles. The molecule has 0 spiro atoms. The summed E-state index contributed by atoms with van der Waals surface area (Å²) in [5.74, 6) is 0. The molecule has 3 aromatic heterocycles. The van der Waals surface area contributed by atoms with Crippen LogP contribution in [0.25, 0.3) is 90.1 Å². The molecule has 0 aliphatic carbocycles. The summed E-state index contributed by atoms with van der Waals surface area (Å²) in [7, 11) is 0. The van der Waals surface area contributed by atoms with Gasteiger partial charge in [-0.25, -0.2) is 0 Å². The van der Waals surface area contributed by atoms with E-state index in [0.29, 0.717) is 0 Å². The molecule has 0 aliphatic heterocycles. The predicted octanol–water partition coefficient (Wildman–Crippen LogP) is 16.3. The molecule has 0 atom stereocenters. The Morgan fingerprint density at radius 1 is 0.293 bits per heavy atom. The van der Waals surface area contributed by atoms with Crippen LogP contribution in [0.5, 0.6) is 0 Å². The Morgan fingerprint density at radius 2 is 0.776 bits per heavy atom. The Balaban J connectivity index is 0.988. The SMILES string of the molecule is c1ccc(-n2c3ccccc3c3ccc(N(c4ccc(-c5ccc6c(c5)sc5ccccc56)cc4)c4ccc(-c5ccc6sc7ccccc7c6c5)cc4)cc32)cc1. The number of para-hydroxylation sites is 2. The van der Waals surface area contributed by atoms with Gasteiger partial charge in [-0.15, -0.1) is 22.7 Å². The zero-order valence-electron chi connectivity index (χ0n) is 31.3. The quantitative estimate of drug-likeness (QED) is 0.163. The summed E-state index contributed by atoms with van der Waals surface area (Å²) in [6.07, 6.45) is 0. The maximum absolute atomic E-state index is 2.40. The second kappa shape index (κ2) is 13.3. The first-order valence-electron chi connectivity index (χ1n) is 19.7. The molecule has 0 N–H and O–H groups in total. The van der Waals surface area contributed by atoms with Crippen molar-refractivity contribution in [2.24, 2.45) is 0 Å². The summed E-state index contributed by atoms with van der Waals surface area (Å²) in [5.41, 5.74) is 11.7. The van der Waals surface area contributed by atoms with E-state index in [0.717, 1.165) is 22.7 Å². The molecular formula is C54H34N2S2. The van der Waals surface area contributed by atoms with E-state index < -0.39 is 0 Å². The lowest BCUT2D eigenvalue weighted by Crippen LogP contribution is -2.10. The van der Waals surface area contributed by atoms with E-state index in [1.54, 1.807) is 0 Å². The molecule has 4 heteroatoms. The minimum Gasteiger partial charge on any atom is -0.310 e. The molecule has 58 heavy (non-hydrogen) atoms. The van der Waals surface area contributed by atoms with Crippen LogP contribution in [0, 0.1) is 0 Å². The van der Waals surface area contributed by atoms with Crippen molar-refractivity contribution in [1.29, 1.82) is 0 Å². The van der Waals surface area contributed by atoms with E-state index in [-0.39, 0.29) is 0 Å². The Kier molecular flexibility index (Phi) is 7.62. The minimum absolute atomic E-state index is 1.10. The van der Waals surface area contributed by atoms with Gasteiger partial charge < -0.3 is 9.47 Å². The molecule has 0 bridgehead atoms. The lowest BCUT2D eigenvalue weighted by molar-refractivity contribution is 1.18. The van der Waals surface area contributed by atoms with Gasteiger partial charge >= 0.3 is 0 Å². The van der Waals surface area contributed by atoms with Gasteiger partial charge in [0.05, 0.1) is 11.0 Å². The topological polar surface area (TPSA) is 8.17 Å². The Bertz CT molecular complexity index is 3500. The molecular weight excluding hydrogens is 741 g/mol. The highest BCUT2D eigenvalue weighted by molar-refractivity contribution is 7.26. The fourth-order valence-electron chi connectivity index (χ4n) is 8.82. The van der Waals surface area contributed by atoms with Crippen LogP contribution >= 0.6 is 22.7 Å². The number of aromatic nitrogens is 1. The first-order valence-corrected chi connectivity index (χ1v) is 21.3. The molecule has 12 rings (SSSR count). The zero-order valence-corrected chi connectivity index (χ0v) is 33.0. The molecule has 0 saturated carbocycles. The fraction of sp³-hybridized carbons (Fsp3) is 0. The molecule has 0 fully saturated rings. The second-order valence-corrected chi connectivity index (χ2v) is 17.1. The van der Waals surface area contributed by atoms with Crippen LogP contribution in [-0.4, -0.2) is 4.57 Å². The normalized spacial score (nSPS) is 11.8. The van der Waals surface area contributed by atoms with Gasteiger partial charge in [0.2, 0.25) is 0 Å². The van der Waals surface area contributed by atoms with Crippen molar-refractivity contribution in [3.05, 3.63) is 206 Å². The van der Waals surface area contributed by atoms with Gasteiger partial charge in [-0.2, -0.15) is 0 Å². The minimum atomic E-state index is 1.10. The number of fused-ring (bicyclic) bond motifs is 9. The summed E-state index contributed by atoms with van der Waals surface area (Å²) < 4.78 is 7.69. The molecule has 0 unspecified atom stereocenters. The molecule has 272 valence electrons. The van der Waals surface area contributed by atoms with Gasteiger partial charge in [0.15, 0.2) is 0 Å². The summed E-state index contributed by atoms with van der Waals surface area (Å²) in [4.78, 5) is 2.39. The van der Waals surface area contributed by atoms with Crippen LogP contribution in [0.3, 0.4) is 0 Å². The van der Waals surface area contributed by atoms with Crippen LogP contribution in [0.1, 0.15) is 0 Å². The van der Waals surface area contributed by atoms with Crippen LogP contribution < -0.4 is 4.90 Å². The number of nitrogens with zero attached hydrogens (tertiary/aromatic N) is 2. The second-order valence-electron chi connectivity index (χ2n) is 14.9. The highest BCUT2D eigenvalue weighted by atomic mass is 32.1. The Morgan fingerprint density at radius 3 is 1.50 bits per heavy atom. The van der Waals surface area contributed by atoms with E-state index in [2.05, 4.69) is 216 Å². The summed E-state index contributed by atoms with van der Waals surface area (Å²) in [6.45, 7) is 0.